The predicted octanol–water partition coefficient (Wildman–Crippen LogP) is 5.19. The molecule has 0 bridgehead atoms. The lowest BCUT2D eigenvalue weighted by Crippen LogP contribution is -2.04. The van der Waals surface area contributed by atoms with Gasteiger partial charge in [0.25, 0.3) is 0 Å². The Morgan fingerprint density at radius 3 is 2.20 bits per heavy atom. The van der Waals surface area contributed by atoms with Gasteiger partial charge < -0.3 is 14.8 Å². The van der Waals surface area contributed by atoms with Gasteiger partial charge in [-0.25, -0.2) is 0 Å². The third kappa shape index (κ3) is 4.54. The third-order valence-corrected chi connectivity index (χ3v) is 4.19. The lowest BCUT2D eigenvalue weighted by molar-refractivity contribution is 0.302. The van der Waals surface area contributed by atoms with E-state index in [4.69, 9.17) is 9.47 Å². The van der Waals surface area contributed by atoms with E-state index in [9.17, 15) is 0 Å². The largest absolute Gasteiger partial charge is 0.497 e. The highest BCUT2D eigenvalue weighted by molar-refractivity contribution is 5.48. The van der Waals surface area contributed by atoms with Gasteiger partial charge in [-0.05, 0) is 48.4 Å². The topological polar surface area (TPSA) is 30.5 Å². The number of hydrogen-bond donors (Lipinski definition) is 1. The van der Waals surface area contributed by atoms with Crippen molar-refractivity contribution in [2.24, 2.45) is 0 Å². The van der Waals surface area contributed by atoms with E-state index < -0.39 is 0 Å². The predicted molar refractivity (Wildman–Crippen MR) is 102 cm³/mol. The normalized spacial score (nSPS) is 10.3. The van der Waals surface area contributed by atoms with Gasteiger partial charge in [0.2, 0.25) is 0 Å². The van der Waals surface area contributed by atoms with Crippen molar-refractivity contribution in [2.45, 2.75) is 20.1 Å². The molecule has 0 amide bonds. The van der Waals surface area contributed by atoms with Gasteiger partial charge in [0.05, 0.1) is 7.11 Å². The van der Waals surface area contributed by atoms with Crippen LogP contribution in [0, 0.1) is 6.92 Å². The summed E-state index contributed by atoms with van der Waals surface area (Å²) in [5, 5.41) is 3.43. The molecule has 0 saturated carbocycles. The highest BCUT2D eigenvalue weighted by Gasteiger charge is 2.05. The molecule has 128 valence electrons. The Bertz CT molecular complexity index is 812. The van der Waals surface area contributed by atoms with Gasteiger partial charge in [0, 0.05) is 17.8 Å². The van der Waals surface area contributed by atoms with Crippen molar-refractivity contribution in [1.29, 1.82) is 0 Å². The van der Waals surface area contributed by atoms with Crippen LogP contribution in [-0.2, 0) is 13.2 Å². The van der Waals surface area contributed by atoms with E-state index in [1.165, 1.54) is 11.1 Å². The highest BCUT2D eigenvalue weighted by atomic mass is 16.5. The van der Waals surface area contributed by atoms with E-state index >= 15 is 0 Å². The van der Waals surface area contributed by atoms with Gasteiger partial charge >= 0.3 is 0 Å². The maximum Gasteiger partial charge on any atom is 0.124 e. The molecule has 3 nitrogen and oxygen atoms in total. The number of benzene rings is 3. The number of nitrogens with one attached hydrogen (secondary N) is 1. The van der Waals surface area contributed by atoms with Gasteiger partial charge in [0.15, 0.2) is 0 Å². The van der Waals surface area contributed by atoms with Gasteiger partial charge in [-0.3, -0.25) is 0 Å². The molecule has 0 aliphatic rings. The zero-order valence-electron chi connectivity index (χ0n) is 14.7. The van der Waals surface area contributed by atoms with E-state index in [1.807, 2.05) is 54.6 Å². The van der Waals surface area contributed by atoms with Crippen molar-refractivity contribution in [1.82, 2.24) is 0 Å². The van der Waals surface area contributed by atoms with Gasteiger partial charge in [-0.1, -0.05) is 42.5 Å². The summed E-state index contributed by atoms with van der Waals surface area (Å²) in [6.07, 6.45) is 0. The standard InChI is InChI=1S/C22H23NO2/c1-17-7-3-4-9-19(17)16-25-22-10-6-5-8-18(22)15-23-20-11-13-21(24-2)14-12-20/h3-14,23H,15-16H2,1-2H3. The van der Waals surface area contributed by atoms with E-state index in [-0.39, 0.29) is 0 Å². The number of rotatable bonds is 7. The fourth-order valence-electron chi connectivity index (χ4n) is 2.62. The minimum absolute atomic E-state index is 0.576. The van der Waals surface area contributed by atoms with Crippen LogP contribution in [0.5, 0.6) is 11.5 Å². The van der Waals surface area contributed by atoms with E-state index in [0.717, 1.165) is 22.7 Å². The zero-order chi connectivity index (χ0) is 17.5. The fourth-order valence-corrected chi connectivity index (χ4v) is 2.62. The summed E-state index contributed by atoms with van der Waals surface area (Å²) in [7, 11) is 1.67. The Morgan fingerprint density at radius 2 is 1.48 bits per heavy atom. The number of aryl methyl sites for hydroxylation is 1. The maximum atomic E-state index is 6.07. The summed E-state index contributed by atoms with van der Waals surface area (Å²) in [4.78, 5) is 0. The van der Waals surface area contributed by atoms with Crippen molar-refractivity contribution in [3.05, 3.63) is 89.5 Å². The smallest absolute Gasteiger partial charge is 0.124 e. The molecule has 25 heavy (non-hydrogen) atoms. The van der Waals surface area contributed by atoms with E-state index in [0.29, 0.717) is 13.2 Å². The summed E-state index contributed by atoms with van der Waals surface area (Å²) in [6.45, 7) is 3.39. The van der Waals surface area contributed by atoms with Crippen LogP contribution < -0.4 is 14.8 Å². The summed E-state index contributed by atoms with van der Waals surface area (Å²) >= 11 is 0. The Balaban J connectivity index is 1.65. The lowest BCUT2D eigenvalue weighted by Gasteiger charge is -2.14. The van der Waals surface area contributed by atoms with Gasteiger partial charge in [-0.2, -0.15) is 0 Å². The number of ether oxygens (including phenoxy) is 2. The molecule has 0 heterocycles. The number of methoxy groups -OCH3 is 1. The van der Waals surface area contributed by atoms with Crippen LogP contribution in [0.3, 0.4) is 0 Å². The second-order valence-electron chi connectivity index (χ2n) is 5.90. The summed E-state index contributed by atoms with van der Waals surface area (Å²) in [5.41, 5.74) is 4.64. The second kappa shape index (κ2) is 8.25. The van der Waals surface area contributed by atoms with Crippen LogP contribution in [-0.4, -0.2) is 7.11 Å². The average Bonchev–Trinajstić information content (AvgIpc) is 2.67. The Labute approximate surface area is 149 Å². The van der Waals surface area contributed by atoms with Crippen molar-refractivity contribution < 1.29 is 9.47 Å². The monoisotopic (exact) mass is 333 g/mol. The van der Waals surface area contributed by atoms with Crippen molar-refractivity contribution in [2.75, 3.05) is 12.4 Å². The fraction of sp³-hybridized carbons (Fsp3) is 0.182. The van der Waals surface area contributed by atoms with Crippen LogP contribution in [0.2, 0.25) is 0 Å². The highest BCUT2D eigenvalue weighted by Crippen LogP contribution is 2.22. The van der Waals surface area contributed by atoms with E-state index in [2.05, 4.69) is 30.4 Å². The van der Waals surface area contributed by atoms with Crippen LogP contribution in [0.1, 0.15) is 16.7 Å². The number of hydrogen-bond acceptors (Lipinski definition) is 3. The van der Waals surface area contributed by atoms with Gasteiger partial charge in [0.1, 0.15) is 18.1 Å². The number of anilines is 1. The maximum absolute atomic E-state index is 6.07. The molecule has 0 unspecified atom stereocenters. The van der Waals surface area contributed by atoms with E-state index in [1.54, 1.807) is 7.11 Å². The first kappa shape index (κ1) is 16.9. The molecule has 0 aromatic heterocycles. The lowest BCUT2D eigenvalue weighted by atomic mass is 10.1. The SMILES string of the molecule is COc1ccc(NCc2ccccc2OCc2ccccc2C)cc1. The first-order valence-corrected chi connectivity index (χ1v) is 8.39. The molecular formula is C22H23NO2. The number of para-hydroxylation sites is 1. The molecule has 0 spiro atoms. The molecule has 0 fully saturated rings. The first-order valence-electron chi connectivity index (χ1n) is 8.39. The third-order valence-electron chi connectivity index (χ3n) is 4.19. The molecule has 0 radical (unpaired) electrons. The Hall–Kier alpha value is -2.94. The molecule has 3 aromatic carbocycles. The molecule has 0 atom stereocenters. The first-order chi connectivity index (χ1) is 12.3. The van der Waals surface area contributed by atoms with Crippen LogP contribution in [0.15, 0.2) is 72.8 Å². The molecule has 0 aliphatic heterocycles. The zero-order valence-corrected chi connectivity index (χ0v) is 14.7. The quantitative estimate of drug-likeness (QED) is 0.645. The molecule has 1 N–H and O–H groups in total. The summed E-state index contributed by atoms with van der Waals surface area (Å²) < 4.78 is 11.3. The Kier molecular flexibility index (Phi) is 5.57. The molecular weight excluding hydrogens is 310 g/mol. The molecule has 0 saturated heterocycles. The van der Waals surface area contributed by atoms with Crippen molar-refractivity contribution >= 4 is 5.69 Å². The van der Waals surface area contributed by atoms with Crippen LogP contribution >= 0.6 is 0 Å². The summed E-state index contributed by atoms with van der Waals surface area (Å²) in [5.74, 6) is 1.76. The minimum atomic E-state index is 0.576. The van der Waals surface area contributed by atoms with Gasteiger partial charge in [-0.15, -0.1) is 0 Å². The molecule has 3 heteroatoms. The molecule has 3 rings (SSSR count). The summed E-state index contributed by atoms with van der Waals surface area (Å²) in [6, 6.07) is 24.4. The van der Waals surface area contributed by atoms with Crippen molar-refractivity contribution in [3.8, 4) is 11.5 Å². The van der Waals surface area contributed by atoms with Crippen molar-refractivity contribution in [3.63, 3.8) is 0 Å². The Morgan fingerprint density at radius 1 is 0.800 bits per heavy atom. The molecule has 0 aliphatic carbocycles. The second-order valence-corrected chi connectivity index (χ2v) is 5.90. The van der Waals surface area contributed by atoms with Crippen LogP contribution in [0.4, 0.5) is 5.69 Å². The average molecular weight is 333 g/mol. The minimum Gasteiger partial charge on any atom is -0.497 e. The molecule has 3 aromatic rings. The van der Waals surface area contributed by atoms with Crippen LogP contribution in [0.25, 0.3) is 0 Å².